The summed E-state index contributed by atoms with van der Waals surface area (Å²) in [5.41, 5.74) is 2.57. The second-order valence-corrected chi connectivity index (χ2v) is 8.70. The van der Waals surface area contributed by atoms with E-state index in [1.807, 2.05) is 55.5 Å². The van der Waals surface area contributed by atoms with Crippen LogP contribution >= 0.6 is 15.9 Å². The lowest BCUT2D eigenvalue weighted by Gasteiger charge is -2.28. The standard InChI is InChI=1S/C26H19BrO2/c1-15-19-11-12-21-20-8-3-2-6-17(20)9-10-22(21)24(19)26(29)23(25(15)28)14-16-5-4-7-18(27)13-16/h2-13,15,23H,14H2,1H3. The molecule has 0 N–H and O–H groups in total. The molecule has 4 aromatic rings. The highest BCUT2D eigenvalue weighted by atomic mass is 79.9. The van der Waals surface area contributed by atoms with Crippen LogP contribution in [-0.4, -0.2) is 11.6 Å². The third-order valence-corrected chi connectivity index (χ3v) is 6.58. The number of carbonyl (C=O) groups is 2. The number of benzene rings is 4. The Kier molecular flexibility index (Phi) is 4.36. The van der Waals surface area contributed by atoms with Gasteiger partial charge >= 0.3 is 0 Å². The van der Waals surface area contributed by atoms with E-state index in [9.17, 15) is 9.59 Å². The summed E-state index contributed by atoms with van der Waals surface area (Å²) in [6.07, 6.45) is 0.435. The normalized spacial score (nSPS) is 19.0. The molecule has 1 aliphatic rings. The lowest BCUT2D eigenvalue weighted by Crippen LogP contribution is -2.35. The van der Waals surface area contributed by atoms with Gasteiger partial charge in [0.05, 0.1) is 5.92 Å². The van der Waals surface area contributed by atoms with Crippen LogP contribution < -0.4 is 0 Å². The fourth-order valence-corrected chi connectivity index (χ4v) is 5.04. The van der Waals surface area contributed by atoms with Crippen LogP contribution in [0.3, 0.4) is 0 Å². The molecule has 1 aliphatic carbocycles. The van der Waals surface area contributed by atoms with Gasteiger partial charge < -0.3 is 0 Å². The molecule has 29 heavy (non-hydrogen) atoms. The van der Waals surface area contributed by atoms with E-state index in [1.54, 1.807) is 0 Å². The Balaban J connectivity index is 1.69. The molecule has 0 spiro atoms. The largest absolute Gasteiger partial charge is 0.298 e. The molecular formula is C26H19BrO2. The third-order valence-electron chi connectivity index (χ3n) is 6.09. The number of halogens is 1. The van der Waals surface area contributed by atoms with Gasteiger partial charge in [-0.3, -0.25) is 9.59 Å². The molecule has 5 rings (SSSR count). The molecule has 0 heterocycles. The number of ketones is 2. The van der Waals surface area contributed by atoms with E-state index in [1.165, 1.54) is 0 Å². The second-order valence-electron chi connectivity index (χ2n) is 7.79. The monoisotopic (exact) mass is 442 g/mol. The Bertz CT molecular complexity index is 1300. The summed E-state index contributed by atoms with van der Waals surface area (Å²) in [6, 6.07) is 24.2. The zero-order valence-corrected chi connectivity index (χ0v) is 17.6. The van der Waals surface area contributed by atoms with Crippen LogP contribution in [0.4, 0.5) is 0 Å². The Morgan fingerprint density at radius 3 is 2.45 bits per heavy atom. The average molecular weight is 443 g/mol. The van der Waals surface area contributed by atoms with Crippen molar-refractivity contribution in [2.75, 3.05) is 0 Å². The number of hydrogen-bond donors (Lipinski definition) is 0. The molecule has 0 aliphatic heterocycles. The summed E-state index contributed by atoms with van der Waals surface area (Å²) in [7, 11) is 0. The van der Waals surface area contributed by atoms with Gasteiger partial charge in [0.1, 0.15) is 0 Å². The SMILES string of the molecule is CC1C(=O)C(Cc2cccc(Br)c2)C(=O)c2c1ccc1c2ccc2ccccc21. The van der Waals surface area contributed by atoms with Gasteiger partial charge in [0.2, 0.25) is 0 Å². The van der Waals surface area contributed by atoms with Crippen LogP contribution in [0.2, 0.25) is 0 Å². The van der Waals surface area contributed by atoms with Crippen LogP contribution in [-0.2, 0) is 11.2 Å². The molecule has 4 aromatic carbocycles. The van der Waals surface area contributed by atoms with E-state index in [4.69, 9.17) is 0 Å². The molecule has 2 atom stereocenters. The minimum absolute atomic E-state index is 0.0163. The highest BCUT2D eigenvalue weighted by molar-refractivity contribution is 9.10. The molecule has 2 nitrogen and oxygen atoms in total. The van der Waals surface area contributed by atoms with Crippen molar-refractivity contribution in [2.24, 2.45) is 5.92 Å². The fraction of sp³-hybridized carbons (Fsp3) is 0.154. The van der Waals surface area contributed by atoms with E-state index in [-0.39, 0.29) is 17.5 Å². The Morgan fingerprint density at radius 2 is 1.62 bits per heavy atom. The van der Waals surface area contributed by atoms with Gasteiger partial charge in [-0.15, -0.1) is 0 Å². The van der Waals surface area contributed by atoms with Gasteiger partial charge in [-0.05, 0) is 51.2 Å². The highest BCUT2D eigenvalue weighted by Gasteiger charge is 2.39. The molecule has 0 saturated carbocycles. The molecule has 2 unspecified atom stereocenters. The zero-order valence-electron chi connectivity index (χ0n) is 16.0. The smallest absolute Gasteiger partial charge is 0.174 e. The number of rotatable bonds is 2. The predicted molar refractivity (Wildman–Crippen MR) is 121 cm³/mol. The Morgan fingerprint density at radius 1 is 0.828 bits per heavy atom. The van der Waals surface area contributed by atoms with Gasteiger partial charge in [0.15, 0.2) is 11.6 Å². The average Bonchev–Trinajstić information content (AvgIpc) is 2.74. The first-order valence-corrected chi connectivity index (χ1v) is 10.6. The fourth-order valence-electron chi connectivity index (χ4n) is 4.59. The minimum atomic E-state index is -0.635. The molecule has 142 valence electrons. The van der Waals surface area contributed by atoms with Crippen LogP contribution in [0, 0.1) is 5.92 Å². The maximum atomic E-state index is 13.6. The predicted octanol–water partition coefficient (Wildman–Crippen LogP) is 6.48. The molecule has 0 saturated heterocycles. The quantitative estimate of drug-likeness (QED) is 0.262. The van der Waals surface area contributed by atoms with Crippen molar-refractivity contribution in [1.82, 2.24) is 0 Å². The van der Waals surface area contributed by atoms with Crippen molar-refractivity contribution >= 4 is 49.0 Å². The van der Waals surface area contributed by atoms with E-state index in [0.29, 0.717) is 6.42 Å². The number of hydrogen-bond acceptors (Lipinski definition) is 2. The van der Waals surface area contributed by atoms with Crippen molar-refractivity contribution in [3.05, 3.63) is 94.0 Å². The Hall–Kier alpha value is -2.78. The van der Waals surface area contributed by atoms with Gasteiger partial charge in [-0.25, -0.2) is 0 Å². The molecule has 0 fully saturated rings. The first-order valence-electron chi connectivity index (χ1n) is 9.81. The van der Waals surface area contributed by atoms with Crippen molar-refractivity contribution in [3.63, 3.8) is 0 Å². The van der Waals surface area contributed by atoms with Crippen LogP contribution in [0.15, 0.2) is 77.3 Å². The lowest BCUT2D eigenvalue weighted by atomic mass is 9.72. The molecule has 0 aromatic heterocycles. The van der Waals surface area contributed by atoms with Gasteiger partial charge in [0, 0.05) is 16.0 Å². The van der Waals surface area contributed by atoms with Crippen LogP contribution in [0.25, 0.3) is 21.5 Å². The summed E-state index contributed by atoms with van der Waals surface area (Å²) < 4.78 is 0.955. The molecular weight excluding hydrogens is 424 g/mol. The zero-order chi connectivity index (χ0) is 20.1. The first-order chi connectivity index (χ1) is 14.0. The topological polar surface area (TPSA) is 34.1 Å². The van der Waals surface area contributed by atoms with Gasteiger partial charge in [-0.2, -0.15) is 0 Å². The summed E-state index contributed by atoms with van der Waals surface area (Å²) in [5.74, 6) is -0.953. The second kappa shape index (κ2) is 6.93. The van der Waals surface area contributed by atoms with Crippen LogP contribution in [0.5, 0.6) is 0 Å². The third kappa shape index (κ3) is 2.92. The molecule has 0 amide bonds. The lowest BCUT2D eigenvalue weighted by molar-refractivity contribution is -0.122. The molecule has 0 bridgehead atoms. The highest BCUT2D eigenvalue weighted by Crippen LogP contribution is 2.39. The van der Waals surface area contributed by atoms with Crippen LogP contribution in [0.1, 0.15) is 34.3 Å². The van der Waals surface area contributed by atoms with E-state index >= 15 is 0 Å². The van der Waals surface area contributed by atoms with E-state index < -0.39 is 5.92 Å². The maximum Gasteiger partial charge on any atom is 0.174 e. The number of fused-ring (bicyclic) bond motifs is 5. The first kappa shape index (κ1) is 18.3. The molecule has 0 radical (unpaired) electrons. The Labute approximate surface area is 177 Å². The van der Waals surface area contributed by atoms with Crippen molar-refractivity contribution in [2.45, 2.75) is 19.3 Å². The van der Waals surface area contributed by atoms with E-state index in [0.717, 1.165) is 42.7 Å². The summed E-state index contributed by atoms with van der Waals surface area (Å²) in [5, 5.41) is 4.30. The maximum absolute atomic E-state index is 13.6. The number of Topliss-reactive ketones (excluding diaryl/α,β-unsaturated/α-hetero) is 2. The summed E-state index contributed by atoms with van der Waals surface area (Å²) in [6.45, 7) is 1.92. The van der Waals surface area contributed by atoms with Crippen molar-refractivity contribution in [3.8, 4) is 0 Å². The summed E-state index contributed by atoms with van der Waals surface area (Å²) >= 11 is 3.48. The number of carbonyl (C=O) groups excluding carboxylic acids is 2. The summed E-state index contributed by atoms with van der Waals surface area (Å²) in [4.78, 5) is 26.7. The molecule has 3 heteroatoms. The van der Waals surface area contributed by atoms with Gasteiger partial charge in [-0.1, -0.05) is 83.5 Å². The van der Waals surface area contributed by atoms with Crippen molar-refractivity contribution in [1.29, 1.82) is 0 Å². The van der Waals surface area contributed by atoms with Crippen molar-refractivity contribution < 1.29 is 9.59 Å². The minimum Gasteiger partial charge on any atom is -0.298 e. The van der Waals surface area contributed by atoms with E-state index in [2.05, 4.69) is 40.2 Å². The van der Waals surface area contributed by atoms with Gasteiger partial charge in [0.25, 0.3) is 0 Å².